The van der Waals surface area contributed by atoms with Gasteiger partial charge in [0.05, 0.1) is 17.0 Å². The summed E-state index contributed by atoms with van der Waals surface area (Å²) in [5.74, 6) is 1.00. The molecule has 2 fully saturated rings. The number of carbonyl (C=O) groups is 2. The molecule has 27 heavy (non-hydrogen) atoms. The van der Waals surface area contributed by atoms with E-state index >= 15 is 0 Å². The highest BCUT2D eigenvalue weighted by Crippen LogP contribution is 2.29. The summed E-state index contributed by atoms with van der Waals surface area (Å²) in [7, 11) is 0. The van der Waals surface area contributed by atoms with Crippen LogP contribution in [0.3, 0.4) is 0 Å². The molecule has 1 aromatic heterocycles. The van der Waals surface area contributed by atoms with Gasteiger partial charge in [-0.1, -0.05) is 0 Å². The first-order chi connectivity index (χ1) is 13.0. The Hall–Kier alpha value is -2.44. The number of aromatic amines is 1. The van der Waals surface area contributed by atoms with Crippen LogP contribution < -0.4 is 0 Å². The molecule has 2 aromatic rings. The van der Waals surface area contributed by atoms with Crippen molar-refractivity contribution < 1.29 is 14.0 Å². The van der Waals surface area contributed by atoms with Crippen molar-refractivity contribution in [2.75, 3.05) is 26.2 Å². The van der Waals surface area contributed by atoms with Crippen molar-refractivity contribution in [1.29, 1.82) is 0 Å². The van der Waals surface area contributed by atoms with Gasteiger partial charge in [0.1, 0.15) is 11.6 Å². The van der Waals surface area contributed by atoms with Gasteiger partial charge in [0.25, 0.3) is 0 Å². The lowest BCUT2D eigenvalue weighted by atomic mass is 9.92. The minimum atomic E-state index is -0.273. The first-order valence-corrected chi connectivity index (χ1v) is 9.70. The number of hydrogen-bond acceptors (Lipinski definition) is 3. The third-order valence-electron chi connectivity index (χ3n) is 5.87. The highest BCUT2D eigenvalue weighted by atomic mass is 19.1. The summed E-state index contributed by atoms with van der Waals surface area (Å²) < 4.78 is 13.4. The van der Waals surface area contributed by atoms with Gasteiger partial charge >= 0.3 is 0 Å². The summed E-state index contributed by atoms with van der Waals surface area (Å²) >= 11 is 0. The zero-order chi connectivity index (χ0) is 19.0. The van der Waals surface area contributed by atoms with Gasteiger partial charge in [-0.15, -0.1) is 0 Å². The molecule has 1 unspecified atom stereocenters. The Morgan fingerprint density at radius 1 is 1.15 bits per heavy atom. The van der Waals surface area contributed by atoms with Crippen LogP contribution in [0.1, 0.15) is 44.3 Å². The third kappa shape index (κ3) is 3.68. The molecule has 2 amide bonds. The topological polar surface area (TPSA) is 69.3 Å². The number of carbonyl (C=O) groups excluding carboxylic acids is 2. The lowest BCUT2D eigenvalue weighted by Gasteiger charge is -2.37. The van der Waals surface area contributed by atoms with Crippen LogP contribution in [0.4, 0.5) is 4.39 Å². The van der Waals surface area contributed by atoms with E-state index in [1.807, 2.05) is 4.90 Å². The molecule has 0 bridgehead atoms. The number of halogens is 1. The number of nitrogens with one attached hydrogen (secondary N) is 1. The Balaban J connectivity index is 1.38. The molecule has 0 spiro atoms. The van der Waals surface area contributed by atoms with Crippen LogP contribution in [0.2, 0.25) is 0 Å². The average Bonchev–Trinajstić information content (AvgIpc) is 3.10. The summed E-state index contributed by atoms with van der Waals surface area (Å²) in [6, 6.07) is 4.57. The normalized spacial score (nSPS) is 21.6. The second kappa shape index (κ2) is 7.29. The quantitative estimate of drug-likeness (QED) is 0.881. The van der Waals surface area contributed by atoms with Gasteiger partial charge in [0.15, 0.2) is 0 Å². The molecule has 4 rings (SSSR count). The van der Waals surface area contributed by atoms with E-state index in [1.54, 1.807) is 17.9 Å². The summed E-state index contributed by atoms with van der Waals surface area (Å²) in [5, 5.41) is 0. The smallest absolute Gasteiger partial charge is 0.227 e. The summed E-state index contributed by atoms with van der Waals surface area (Å²) in [6.45, 7) is 4.27. The molecule has 2 saturated heterocycles. The fourth-order valence-electron chi connectivity index (χ4n) is 4.29. The molecule has 144 valence electrons. The van der Waals surface area contributed by atoms with Gasteiger partial charge in [-0.3, -0.25) is 9.59 Å². The minimum absolute atomic E-state index is 0.0486. The highest BCUT2D eigenvalue weighted by molar-refractivity contribution is 5.81. The summed E-state index contributed by atoms with van der Waals surface area (Å²) in [5.41, 5.74) is 1.49. The predicted molar refractivity (Wildman–Crippen MR) is 99.6 cm³/mol. The fourth-order valence-corrected chi connectivity index (χ4v) is 4.29. The first-order valence-electron chi connectivity index (χ1n) is 9.70. The molecule has 1 aromatic carbocycles. The van der Waals surface area contributed by atoms with E-state index in [1.165, 1.54) is 12.1 Å². The van der Waals surface area contributed by atoms with Gasteiger partial charge in [-0.25, -0.2) is 9.37 Å². The maximum atomic E-state index is 13.4. The maximum absolute atomic E-state index is 13.4. The Bertz CT molecular complexity index is 857. The van der Waals surface area contributed by atoms with E-state index in [9.17, 15) is 14.0 Å². The van der Waals surface area contributed by atoms with E-state index < -0.39 is 0 Å². The van der Waals surface area contributed by atoms with Crippen LogP contribution >= 0.6 is 0 Å². The minimum Gasteiger partial charge on any atom is -0.342 e. The van der Waals surface area contributed by atoms with Gasteiger partial charge < -0.3 is 14.8 Å². The molecule has 3 heterocycles. The maximum Gasteiger partial charge on any atom is 0.227 e. The molecule has 2 aliphatic rings. The SMILES string of the molecule is CC(=O)N1CCCC(C(=O)N2CCC(c3nc4ccc(F)cc4[nH]3)CC2)C1. The van der Waals surface area contributed by atoms with Crippen molar-refractivity contribution in [3.8, 4) is 0 Å². The van der Waals surface area contributed by atoms with E-state index in [4.69, 9.17) is 0 Å². The Morgan fingerprint density at radius 3 is 2.67 bits per heavy atom. The van der Waals surface area contributed by atoms with Crippen molar-refractivity contribution in [3.63, 3.8) is 0 Å². The number of benzene rings is 1. The lowest BCUT2D eigenvalue weighted by Crippen LogP contribution is -2.48. The summed E-state index contributed by atoms with van der Waals surface area (Å²) in [4.78, 5) is 36.0. The van der Waals surface area contributed by atoms with Crippen molar-refractivity contribution in [2.24, 2.45) is 5.92 Å². The first kappa shape index (κ1) is 17.9. The van der Waals surface area contributed by atoms with Crippen LogP contribution in [-0.4, -0.2) is 57.8 Å². The monoisotopic (exact) mass is 372 g/mol. The van der Waals surface area contributed by atoms with E-state index in [2.05, 4.69) is 9.97 Å². The fraction of sp³-hybridized carbons (Fsp3) is 0.550. The van der Waals surface area contributed by atoms with Crippen molar-refractivity contribution in [3.05, 3.63) is 29.8 Å². The molecular weight excluding hydrogens is 347 g/mol. The van der Waals surface area contributed by atoms with E-state index in [-0.39, 0.29) is 29.5 Å². The van der Waals surface area contributed by atoms with Crippen LogP contribution in [0.5, 0.6) is 0 Å². The standard InChI is InChI=1S/C20H25FN4O2/c1-13(26)25-8-2-3-15(12-25)20(27)24-9-6-14(7-10-24)19-22-17-5-4-16(21)11-18(17)23-19/h4-5,11,14-15H,2-3,6-10,12H2,1H3,(H,22,23). The number of nitrogens with zero attached hydrogens (tertiary/aromatic N) is 3. The zero-order valence-corrected chi connectivity index (χ0v) is 15.6. The third-order valence-corrected chi connectivity index (χ3v) is 5.87. The molecule has 0 aliphatic carbocycles. The number of fused-ring (bicyclic) bond motifs is 1. The van der Waals surface area contributed by atoms with Crippen molar-refractivity contribution in [1.82, 2.24) is 19.8 Å². The van der Waals surface area contributed by atoms with Crippen LogP contribution in [0, 0.1) is 11.7 Å². The van der Waals surface area contributed by atoms with Crippen LogP contribution in [-0.2, 0) is 9.59 Å². The molecule has 7 heteroatoms. The molecule has 2 aliphatic heterocycles. The zero-order valence-electron chi connectivity index (χ0n) is 15.6. The number of piperidine rings is 2. The summed E-state index contributed by atoms with van der Waals surface area (Å²) in [6.07, 6.45) is 3.44. The van der Waals surface area contributed by atoms with Gasteiger partial charge in [0, 0.05) is 39.0 Å². The number of likely N-dealkylation sites (tertiary alicyclic amines) is 2. The van der Waals surface area contributed by atoms with Gasteiger partial charge in [-0.2, -0.15) is 0 Å². The van der Waals surface area contributed by atoms with Crippen molar-refractivity contribution in [2.45, 2.75) is 38.5 Å². The highest BCUT2D eigenvalue weighted by Gasteiger charge is 2.33. The number of H-pyrrole nitrogens is 1. The van der Waals surface area contributed by atoms with Crippen LogP contribution in [0.25, 0.3) is 11.0 Å². The Morgan fingerprint density at radius 2 is 1.93 bits per heavy atom. The second-order valence-corrected chi connectivity index (χ2v) is 7.69. The molecule has 0 radical (unpaired) electrons. The number of rotatable bonds is 2. The Kier molecular flexibility index (Phi) is 4.85. The molecule has 6 nitrogen and oxygen atoms in total. The second-order valence-electron chi connectivity index (χ2n) is 7.69. The van der Waals surface area contributed by atoms with Gasteiger partial charge in [-0.05, 0) is 43.9 Å². The molecular formula is C20H25FN4O2. The van der Waals surface area contributed by atoms with E-state index in [0.29, 0.717) is 19.6 Å². The Labute approximate surface area is 157 Å². The number of amides is 2. The molecule has 1 N–H and O–H groups in total. The van der Waals surface area contributed by atoms with E-state index in [0.717, 1.165) is 49.1 Å². The average molecular weight is 372 g/mol. The lowest BCUT2D eigenvalue weighted by molar-refractivity contribution is -0.141. The van der Waals surface area contributed by atoms with Gasteiger partial charge in [0.2, 0.25) is 11.8 Å². The predicted octanol–water partition coefficient (Wildman–Crippen LogP) is 2.67. The number of aromatic nitrogens is 2. The largest absolute Gasteiger partial charge is 0.342 e. The van der Waals surface area contributed by atoms with Crippen molar-refractivity contribution >= 4 is 22.8 Å². The number of imidazole rings is 1. The molecule has 1 atom stereocenters. The molecule has 0 saturated carbocycles. The van der Waals surface area contributed by atoms with Crippen LogP contribution in [0.15, 0.2) is 18.2 Å². The number of hydrogen-bond donors (Lipinski definition) is 1.